The predicted molar refractivity (Wildman–Crippen MR) is 187 cm³/mol. The van der Waals surface area contributed by atoms with Crippen LogP contribution in [0.2, 0.25) is 0 Å². The number of allylic oxidation sites excluding steroid dienone is 16. The van der Waals surface area contributed by atoms with Crippen molar-refractivity contribution in [2.75, 3.05) is 0 Å². The Morgan fingerprint density at radius 1 is 0.756 bits per heavy atom. The molecule has 0 heterocycles. The van der Waals surface area contributed by atoms with Crippen LogP contribution in [0.5, 0.6) is 0 Å². The van der Waals surface area contributed by atoms with E-state index in [4.69, 9.17) is 0 Å². The van der Waals surface area contributed by atoms with Gasteiger partial charge in [0.1, 0.15) is 0 Å². The van der Waals surface area contributed by atoms with E-state index in [2.05, 4.69) is 13.8 Å². The maximum Gasteiger partial charge on any atom is 0.178 e. The molecule has 0 aromatic carbocycles. The Hall–Kier alpha value is -3.12. The highest BCUT2D eigenvalue weighted by Crippen LogP contribution is 2.53. The number of aliphatic hydroxyl groups excluding tert-OH is 3. The van der Waals surface area contributed by atoms with Crippen LogP contribution in [0.3, 0.4) is 0 Å². The molecule has 2 fully saturated rings. The third-order valence-corrected chi connectivity index (χ3v) is 9.55. The molecule has 2 rings (SSSR count). The van der Waals surface area contributed by atoms with E-state index >= 15 is 0 Å². The van der Waals surface area contributed by atoms with Crippen LogP contribution in [-0.4, -0.2) is 44.0 Å². The second-order valence-corrected chi connectivity index (χ2v) is 14.8. The van der Waals surface area contributed by atoms with Gasteiger partial charge in [-0.3, -0.25) is 4.79 Å². The summed E-state index contributed by atoms with van der Waals surface area (Å²) in [6.07, 6.45) is 25.9. The minimum Gasteiger partial charge on any atom is -0.497 e. The molecule has 0 spiro atoms. The lowest BCUT2D eigenvalue weighted by Crippen LogP contribution is -2.45. The molecule has 2 saturated carbocycles. The molecule has 4 N–H and O–H groups in total. The number of hydrogen-bond acceptors (Lipinski definition) is 5. The summed E-state index contributed by atoms with van der Waals surface area (Å²) in [5.74, 6) is -0.212. The van der Waals surface area contributed by atoms with Crippen LogP contribution in [-0.2, 0) is 4.79 Å². The molecule has 246 valence electrons. The Balaban J connectivity index is 1.92. The van der Waals surface area contributed by atoms with Gasteiger partial charge in [0.05, 0.1) is 29.5 Å². The summed E-state index contributed by atoms with van der Waals surface area (Å²) in [5, 5.41) is 41.6. The van der Waals surface area contributed by atoms with E-state index in [1.807, 2.05) is 109 Å². The molecule has 0 aliphatic heterocycles. The molecule has 0 aromatic rings. The number of carbonyl (C=O) groups excluding carboxylic acids is 1. The Bertz CT molecular complexity index is 1330. The van der Waals surface area contributed by atoms with Gasteiger partial charge in [-0.1, -0.05) is 88.3 Å². The fourth-order valence-electron chi connectivity index (χ4n) is 6.52. The maximum absolute atomic E-state index is 13.0. The Morgan fingerprint density at radius 2 is 1.31 bits per heavy atom. The van der Waals surface area contributed by atoms with Crippen molar-refractivity contribution in [3.8, 4) is 0 Å². The molecule has 0 unspecified atom stereocenters. The molecular formula is C40H57O5+. The van der Waals surface area contributed by atoms with Crippen molar-refractivity contribution in [2.45, 2.75) is 113 Å². The normalized spacial score (nSPS) is 31.1. The average molecular weight is 618 g/mol. The zero-order valence-corrected chi connectivity index (χ0v) is 29.2. The van der Waals surface area contributed by atoms with Crippen molar-refractivity contribution in [3.05, 3.63) is 113 Å². The second-order valence-electron chi connectivity index (χ2n) is 14.8. The zero-order chi connectivity index (χ0) is 34.2. The molecule has 4 atom stereocenters. The van der Waals surface area contributed by atoms with Crippen LogP contribution in [0.15, 0.2) is 107 Å². The first-order valence-electron chi connectivity index (χ1n) is 16.0. The van der Waals surface area contributed by atoms with E-state index in [9.17, 15) is 25.2 Å². The monoisotopic (exact) mass is 617 g/mol. The van der Waals surface area contributed by atoms with Gasteiger partial charge >= 0.3 is 0 Å². The van der Waals surface area contributed by atoms with Crippen molar-refractivity contribution in [1.82, 2.24) is 0 Å². The lowest BCUT2D eigenvalue weighted by atomic mass is 9.65. The van der Waals surface area contributed by atoms with Crippen LogP contribution < -0.4 is 0 Å². The summed E-state index contributed by atoms with van der Waals surface area (Å²) in [6.45, 7) is 19.6. The van der Waals surface area contributed by atoms with Gasteiger partial charge in [-0.05, 0) is 68.6 Å². The molecule has 2 aliphatic rings. The molecule has 0 saturated heterocycles. The molecule has 0 bridgehead atoms. The fourth-order valence-corrected chi connectivity index (χ4v) is 6.52. The smallest absolute Gasteiger partial charge is 0.178 e. The largest absolute Gasteiger partial charge is 0.497 e. The molecule has 0 radical (unpaired) electrons. The van der Waals surface area contributed by atoms with E-state index in [0.29, 0.717) is 31.3 Å². The summed E-state index contributed by atoms with van der Waals surface area (Å²) in [4.78, 5) is 13.0. The molecular weight excluding hydrogens is 560 g/mol. The van der Waals surface area contributed by atoms with E-state index in [1.165, 1.54) is 6.08 Å². The van der Waals surface area contributed by atoms with Crippen LogP contribution in [0.4, 0.5) is 0 Å². The standard InChI is InChI=1S/C40H56O5/c1-28(17-13-18-30(3)21-22-35-37(5,6)24-32(41)27-40(35,10)45)15-11-12-16-29(2)19-14-20-31(4)34(43)23-36(44)39(9)26-33(42)25-38(39,7)8/h11-23,32-33,41-42,45H,24-27H2,1-10H3/p+1/b15-11+,16-12+,18-13+,28-17+,29-19+,30-21+,31-20?,35-22?/t32-,33-,39-,40+/m0/s1. The molecule has 45 heavy (non-hydrogen) atoms. The SMILES string of the molecule is CC(=C[CH+]/C=C(C)/C=C/C=C/C(C)=C/C=C/C(C)=C/C=C1C(C)(C)C[C@H](O)C[C@@]1(C)O)/C(O)=C/C(=O)[C@]1(C)C[C@@H](O)CC1(C)C. The van der Waals surface area contributed by atoms with Crippen molar-refractivity contribution in [2.24, 2.45) is 16.2 Å². The van der Waals surface area contributed by atoms with Gasteiger partial charge in [0, 0.05) is 49.8 Å². The maximum atomic E-state index is 13.0. The fraction of sp³-hybridized carbons (Fsp3) is 0.500. The number of ketones is 1. The molecule has 5 heteroatoms. The summed E-state index contributed by atoms with van der Waals surface area (Å²) in [7, 11) is 0. The van der Waals surface area contributed by atoms with Crippen molar-refractivity contribution < 1.29 is 25.2 Å². The number of aliphatic hydroxyl groups is 4. The first-order valence-corrected chi connectivity index (χ1v) is 16.0. The summed E-state index contributed by atoms with van der Waals surface area (Å²) in [6, 6.07) is 0. The van der Waals surface area contributed by atoms with Gasteiger partial charge in [0.15, 0.2) is 11.5 Å². The van der Waals surface area contributed by atoms with Gasteiger partial charge in [0.2, 0.25) is 0 Å². The summed E-state index contributed by atoms with van der Waals surface area (Å²) >= 11 is 0. The van der Waals surface area contributed by atoms with E-state index < -0.39 is 23.2 Å². The minimum atomic E-state index is -1.02. The Kier molecular flexibility index (Phi) is 13.1. The predicted octanol–water partition coefficient (Wildman–Crippen LogP) is 8.70. The topological polar surface area (TPSA) is 98.0 Å². The Labute approximate surface area is 272 Å². The first-order chi connectivity index (χ1) is 20.7. The van der Waals surface area contributed by atoms with Gasteiger partial charge in [-0.25, -0.2) is 0 Å². The molecule has 0 aromatic heterocycles. The van der Waals surface area contributed by atoms with Crippen molar-refractivity contribution in [3.63, 3.8) is 0 Å². The average Bonchev–Trinajstić information content (AvgIpc) is 3.11. The minimum absolute atomic E-state index is 0.0553. The van der Waals surface area contributed by atoms with E-state index in [-0.39, 0.29) is 22.4 Å². The zero-order valence-electron chi connectivity index (χ0n) is 29.2. The summed E-state index contributed by atoms with van der Waals surface area (Å²) < 4.78 is 0. The first kappa shape index (κ1) is 38.1. The highest BCUT2D eigenvalue weighted by molar-refractivity contribution is 5.96. The van der Waals surface area contributed by atoms with Gasteiger partial charge < -0.3 is 20.4 Å². The van der Waals surface area contributed by atoms with E-state index in [1.54, 1.807) is 19.9 Å². The molecule has 5 nitrogen and oxygen atoms in total. The lowest BCUT2D eigenvalue weighted by Gasteiger charge is -2.45. The third-order valence-electron chi connectivity index (χ3n) is 9.55. The van der Waals surface area contributed by atoms with Gasteiger partial charge in [-0.2, -0.15) is 0 Å². The number of hydrogen-bond donors (Lipinski definition) is 4. The van der Waals surface area contributed by atoms with Crippen molar-refractivity contribution in [1.29, 1.82) is 0 Å². The number of rotatable bonds is 11. The lowest BCUT2D eigenvalue weighted by molar-refractivity contribution is -0.127. The summed E-state index contributed by atoms with van der Waals surface area (Å²) in [5.41, 5.74) is 2.41. The second kappa shape index (κ2) is 15.4. The third kappa shape index (κ3) is 10.7. The van der Waals surface area contributed by atoms with Crippen LogP contribution in [0.1, 0.15) is 94.9 Å². The van der Waals surface area contributed by atoms with E-state index in [0.717, 1.165) is 22.3 Å². The van der Waals surface area contributed by atoms with Crippen molar-refractivity contribution >= 4 is 5.78 Å². The van der Waals surface area contributed by atoms with Crippen LogP contribution in [0.25, 0.3) is 0 Å². The molecule has 0 amide bonds. The quantitative estimate of drug-likeness (QED) is 0.0805. The highest BCUT2D eigenvalue weighted by atomic mass is 16.3. The molecule has 2 aliphatic carbocycles. The highest BCUT2D eigenvalue weighted by Gasteiger charge is 2.53. The van der Waals surface area contributed by atoms with Gasteiger partial charge in [-0.15, -0.1) is 0 Å². The van der Waals surface area contributed by atoms with Gasteiger partial charge in [0.25, 0.3) is 0 Å². The number of carbonyl (C=O) groups is 1. The Morgan fingerprint density at radius 3 is 1.89 bits per heavy atom. The van der Waals surface area contributed by atoms with Crippen LogP contribution >= 0.6 is 0 Å². The van der Waals surface area contributed by atoms with Crippen LogP contribution in [0, 0.1) is 22.7 Å².